The Labute approximate surface area is 182 Å². The van der Waals surface area contributed by atoms with Gasteiger partial charge in [0.2, 0.25) is 5.91 Å². The van der Waals surface area contributed by atoms with E-state index in [-0.39, 0.29) is 29.6 Å². The lowest BCUT2D eigenvalue weighted by Gasteiger charge is -2.12. The fraction of sp³-hybridized carbons (Fsp3) is 0.130. The molecule has 0 aliphatic rings. The SMILES string of the molecule is Cc1ccc(-n2c(SCC(=O)NCc3ccc(F)cc3)nc3ccccc3c2=O)nc1. The zero-order valence-corrected chi connectivity index (χ0v) is 17.5. The zero-order valence-electron chi connectivity index (χ0n) is 16.7. The molecular weight excluding hydrogens is 415 g/mol. The highest BCUT2D eigenvalue weighted by Crippen LogP contribution is 2.20. The molecule has 2 aromatic carbocycles. The van der Waals surface area contributed by atoms with Crippen molar-refractivity contribution in [2.45, 2.75) is 18.6 Å². The van der Waals surface area contributed by atoms with E-state index in [4.69, 9.17) is 0 Å². The van der Waals surface area contributed by atoms with E-state index >= 15 is 0 Å². The van der Waals surface area contributed by atoms with Crippen molar-refractivity contribution in [2.24, 2.45) is 0 Å². The summed E-state index contributed by atoms with van der Waals surface area (Å²) in [4.78, 5) is 34.5. The van der Waals surface area contributed by atoms with Gasteiger partial charge >= 0.3 is 0 Å². The van der Waals surface area contributed by atoms with Gasteiger partial charge in [-0.15, -0.1) is 0 Å². The van der Waals surface area contributed by atoms with E-state index in [1.165, 1.54) is 16.7 Å². The molecule has 0 atom stereocenters. The minimum Gasteiger partial charge on any atom is -0.351 e. The Morgan fingerprint density at radius 1 is 1.10 bits per heavy atom. The first-order valence-corrected chi connectivity index (χ1v) is 10.6. The third kappa shape index (κ3) is 4.80. The minimum absolute atomic E-state index is 0.0673. The number of para-hydroxylation sites is 1. The Hall–Kier alpha value is -3.52. The molecule has 0 aliphatic carbocycles. The number of rotatable bonds is 6. The van der Waals surface area contributed by atoms with E-state index in [9.17, 15) is 14.0 Å². The molecule has 0 aliphatic heterocycles. The molecular formula is C23H19FN4O2S. The number of thioether (sulfide) groups is 1. The number of aromatic nitrogens is 3. The van der Waals surface area contributed by atoms with Crippen LogP contribution in [0.3, 0.4) is 0 Å². The maximum atomic E-state index is 13.2. The second kappa shape index (κ2) is 9.09. The lowest BCUT2D eigenvalue weighted by molar-refractivity contribution is -0.118. The van der Waals surface area contributed by atoms with Crippen molar-refractivity contribution in [3.63, 3.8) is 0 Å². The van der Waals surface area contributed by atoms with E-state index in [1.54, 1.807) is 42.6 Å². The van der Waals surface area contributed by atoms with Crippen molar-refractivity contribution < 1.29 is 9.18 Å². The number of pyridine rings is 1. The number of halogens is 1. The van der Waals surface area contributed by atoms with Gasteiger partial charge in [0.25, 0.3) is 5.56 Å². The van der Waals surface area contributed by atoms with E-state index in [1.807, 2.05) is 19.1 Å². The number of carbonyl (C=O) groups is 1. The third-order valence-electron chi connectivity index (χ3n) is 4.61. The molecule has 1 amide bonds. The highest BCUT2D eigenvalue weighted by Gasteiger charge is 2.15. The predicted octanol–water partition coefficient (Wildman–Crippen LogP) is 3.64. The van der Waals surface area contributed by atoms with Crippen molar-refractivity contribution in [1.29, 1.82) is 0 Å². The molecule has 2 aromatic heterocycles. The van der Waals surface area contributed by atoms with Gasteiger partial charge in [-0.3, -0.25) is 9.59 Å². The highest BCUT2D eigenvalue weighted by atomic mass is 32.2. The standard InChI is InChI=1S/C23H19FN4O2S/c1-15-6-11-20(25-12-15)28-22(30)18-4-2-3-5-19(18)27-23(28)31-14-21(29)26-13-16-7-9-17(24)10-8-16/h2-12H,13-14H2,1H3,(H,26,29). The molecule has 31 heavy (non-hydrogen) atoms. The average Bonchev–Trinajstić information content (AvgIpc) is 2.78. The number of hydrogen-bond acceptors (Lipinski definition) is 5. The summed E-state index contributed by atoms with van der Waals surface area (Å²) in [6.07, 6.45) is 1.68. The van der Waals surface area contributed by atoms with Crippen molar-refractivity contribution in [3.05, 3.63) is 94.2 Å². The molecule has 0 saturated carbocycles. The molecule has 156 valence electrons. The molecule has 4 rings (SSSR count). The monoisotopic (exact) mass is 434 g/mol. The topological polar surface area (TPSA) is 76.9 Å². The summed E-state index contributed by atoms with van der Waals surface area (Å²) in [5.74, 6) is -0.0309. The minimum atomic E-state index is -0.323. The lowest BCUT2D eigenvalue weighted by atomic mass is 10.2. The Kier molecular flexibility index (Phi) is 6.08. The molecule has 0 bridgehead atoms. The summed E-state index contributed by atoms with van der Waals surface area (Å²) in [5.41, 5.74) is 2.09. The summed E-state index contributed by atoms with van der Waals surface area (Å²) in [7, 11) is 0. The van der Waals surface area contributed by atoms with Crippen LogP contribution in [0.15, 0.2) is 76.8 Å². The molecule has 0 unspecified atom stereocenters. The Morgan fingerprint density at radius 3 is 2.61 bits per heavy atom. The van der Waals surface area contributed by atoms with E-state index in [2.05, 4.69) is 15.3 Å². The number of hydrogen-bond donors (Lipinski definition) is 1. The van der Waals surface area contributed by atoms with Gasteiger partial charge in [0.05, 0.1) is 16.7 Å². The number of benzene rings is 2. The molecule has 1 N–H and O–H groups in total. The second-order valence-corrected chi connectivity index (χ2v) is 7.88. The smallest absolute Gasteiger partial charge is 0.267 e. The number of aryl methyl sites for hydroxylation is 1. The van der Waals surface area contributed by atoms with E-state index in [0.717, 1.165) is 22.9 Å². The van der Waals surface area contributed by atoms with Crippen LogP contribution >= 0.6 is 11.8 Å². The molecule has 2 heterocycles. The van der Waals surface area contributed by atoms with Gasteiger partial charge in [-0.2, -0.15) is 0 Å². The number of nitrogens with zero attached hydrogens (tertiary/aromatic N) is 3. The van der Waals surface area contributed by atoms with Crippen LogP contribution in [0.25, 0.3) is 16.7 Å². The maximum absolute atomic E-state index is 13.2. The van der Waals surface area contributed by atoms with Crippen LogP contribution in [-0.4, -0.2) is 26.2 Å². The zero-order chi connectivity index (χ0) is 21.8. The first kappa shape index (κ1) is 20.7. The lowest BCUT2D eigenvalue weighted by Crippen LogP contribution is -2.26. The summed E-state index contributed by atoms with van der Waals surface area (Å²) >= 11 is 1.16. The Balaban J connectivity index is 1.58. The van der Waals surface area contributed by atoms with E-state index in [0.29, 0.717) is 21.9 Å². The normalized spacial score (nSPS) is 10.9. The fourth-order valence-electron chi connectivity index (χ4n) is 2.99. The molecule has 8 heteroatoms. The van der Waals surface area contributed by atoms with Crippen LogP contribution in [-0.2, 0) is 11.3 Å². The quantitative estimate of drug-likeness (QED) is 0.370. The summed E-state index contributed by atoms with van der Waals surface area (Å²) in [6.45, 7) is 2.20. The molecule has 0 spiro atoms. The maximum Gasteiger partial charge on any atom is 0.267 e. The summed E-state index contributed by atoms with van der Waals surface area (Å²) in [5, 5.41) is 3.66. The third-order valence-corrected chi connectivity index (χ3v) is 5.54. The van der Waals surface area contributed by atoms with Gasteiger partial charge in [-0.1, -0.05) is 42.1 Å². The van der Waals surface area contributed by atoms with Crippen molar-refractivity contribution >= 4 is 28.6 Å². The Bertz CT molecular complexity index is 1290. The van der Waals surface area contributed by atoms with Crippen LogP contribution in [0.2, 0.25) is 0 Å². The van der Waals surface area contributed by atoms with Gasteiger partial charge < -0.3 is 5.32 Å². The van der Waals surface area contributed by atoms with Crippen molar-refractivity contribution in [3.8, 4) is 5.82 Å². The molecule has 4 aromatic rings. The fourth-order valence-corrected chi connectivity index (χ4v) is 3.82. The van der Waals surface area contributed by atoms with Gasteiger partial charge in [-0.25, -0.2) is 18.9 Å². The van der Waals surface area contributed by atoms with Crippen LogP contribution in [0.4, 0.5) is 4.39 Å². The van der Waals surface area contributed by atoms with Crippen LogP contribution < -0.4 is 10.9 Å². The van der Waals surface area contributed by atoms with Gasteiger partial charge in [-0.05, 0) is 48.4 Å². The Morgan fingerprint density at radius 2 is 1.87 bits per heavy atom. The van der Waals surface area contributed by atoms with Crippen LogP contribution in [0.5, 0.6) is 0 Å². The van der Waals surface area contributed by atoms with Crippen molar-refractivity contribution in [2.75, 3.05) is 5.75 Å². The van der Waals surface area contributed by atoms with Gasteiger partial charge in [0.1, 0.15) is 11.6 Å². The first-order chi connectivity index (χ1) is 15.0. The largest absolute Gasteiger partial charge is 0.351 e. The molecule has 0 saturated heterocycles. The first-order valence-electron chi connectivity index (χ1n) is 9.60. The van der Waals surface area contributed by atoms with Crippen LogP contribution in [0.1, 0.15) is 11.1 Å². The molecule has 0 radical (unpaired) electrons. The highest BCUT2D eigenvalue weighted by molar-refractivity contribution is 7.99. The molecule has 0 fully saturated rings. The number of amides is 1. The van der Waals surface area contributed by atoms with Crippen LogP contribution in [0, 0.1) is 12.7 Å². The van der Waals surface area contributed by atoms with Gasteiger partial charge in [0.15, 0.2) is 5.16 Å². The van der Waals surface area contributed by atoms with Crippen molar-refractivity contribution in [1.82, 2.24) is 19.9 Å². The van der Waals surface area contributed by atoms with E-state index < -0.39 is 0 Å². The number of fused-ring (bicyclic) bond motifs is 1. The number of carbonyl (C=O) groups excluding carboxylic acids is 1. The number of nitrogens with one attached hydrogen (secondary N) is 1. The molecule has 6 nitrogen and oxygen atoms in total. The summed E-state index contributed by atoms with van der Waals surface area (Å²) < 4.78 is 14.4. The average molecular weight is 434 g/mol. The van der Waals surface area contributed by atoms with Gasteiger partial charge in [0, 0.05) is 12.7 Å². The second-order valence-electron chi connectivity index (χ2n) is 6.94. The predicted molar refractivity (Wildman–Crippen MR) is 119 cm³/mol. The summed E-state index contributed by atoms with van der Waals surface area (Å²) in [6, 6.07) is 16.6.